The van der Waals surface area contributed by atoms with Gasteiger partial charge in [0.25, 0.3) is 0 Å². The van der Waals surface area contributed by atoms with Crippen LogP contribution in [0.3, 0.4) is 0 Å². The van der Waals surface area contributed by atoms with Crippen LogP contribution in [0.2, 0.25) is 10.0 Å². The van der Waals surface area contributed by atoms with Crippen molar-refractivity contribution >= 4 is 40.5 Å². The van der Waals surface area contributed by atoms with Gasteiger partial charge in [0.2, 0.25) is 5.91 Å². The quantitative estimate of drug-likeness (QED) is 0.923. The van der Waals surface area contributed by atoms with Gasteiger partial charge in [-0.05, 0) is 30.3 Å². The molecule has 2 rings (SSSR count). The van der Waals surface area contributed by atoms with E-state index in [1.807, 2.05) is 42.3 Å². The Morgan fingerprint density at radius 1 is 1.15 bits per heavy atom. The fraction of sp³-hybridized carbons (Fsp3) is 0.133. The number of nitrogens with zero attached hydrogens (tertiary/aromatic N) is 1. The smallest absolute Gasteiger partial charge is 0.243 e. The van der Waals surface area contributed by atoms with Gasteiger partial charge >= 0.3 is 0 Å². The van der Waals surface area contributed by atoms with Crippen LogP contribution in [0.1, 0.15) is 0 Å². The molecule has 0 aliphatic heterocycles. The largest absolute Gasteiger partial charge is 0.365 e. The van der Waals surface area contributed by atoms with Crippen molar-refractivity contribution in [1.29, 1.82) is 0 Å². The Morgan fingerprint density at radius 3 is 2.55 bits per heavy atom. The maximum absolute atomic E-state index is 12.0. The van der Waals surface area contributed by atoms with Crippen molar-refractivity contribution in [2.24, 2.45) is 0 Å². The number of carbonyl (C=O) groups is 1. The number of hydrogen-bond acceptors (Lipinski definition) is 2. The second kappa shape index (κ2) is 6.64. The summed E-state index contributed by atoms with van der Waals surface area (Å²) in [5.74, 6) is -0.152. The Bertz CT molecular complexity index is 602. The molecule has 2 aromatic carbocycles. The molecule has 1 N–H and O–H groups in total. The average Bonchev–Trinajstić information content (AvgIpc) is 2.43. The Labute approximate surface area is 128 Å². The van der Waals surface area contributed by atoms with Crippen LogP contribution in [0, 0.1) is 0 Å². The van der Waals surface area contributed by atoms with Gasteiger partial charge in [0.15, 0.2) is 0 Å². The number of likely N-dealkylation sites (N-methyl/N-ethyl adjacent to an activating group) is 1. The molecular weight excluding hydrogens is 295 g/mol. The fourth-order valence-electron chi connectivity index (χ4n) is 1.77. The van der Waals surface area contributed by atoms with Gasteiger partial charge in [-0.15, -0.1) is 0 Å². The number of halogens is 2. The third-order valence-electron chi connectivity index (χ3n) is 2.78. The second-order valence-corrected chi connectivity index (χ2v) is 5.21. The number of para-hydroxylation sites is 1. The first-order valence-electron chi connectivity index (χ1n) is 6.07. The number of amides is 1. The number of anilines is 2. The molecule has 5 heteroatoms. The molecule has 3 nitrogen and oxygen atoms in total. The molecule has 0 saturated carbocycles. The molecule has 104 valence electrons. The van der Waals surface area contributed by atoms with Gasteiger partial charge in [-0.3, -0.25) is 4.79 Å². The summed E-state index contributed by atoms with van der Waals surface area (Å²) < 4.78 is 0. The van der Waals surface area contributed by atoms with Gasteiger partial charge in [-0.2, -0.15) is 0 Å². The summed E-state index contributed by atoms with van der Waals surface area (Å²) in [6.07, 6.45) is 0. The summed E-state index contributed by atoms with van der Waals surface area (Å²) in [4.78, 5) is 13.9. The Hall–Kier alpha value is -1.71. The first-order chi connectivity index (χ1) is 9.56. The highest BCUT2D eigenvalue weighted by molar-refractivity contribution is 6.35. The minimum atomic E-state index is -0.152. The standard InChI is InChI=1S/C15H14Cl2N2O/c1-19(12-5-3-2-4-6-12)10-15(20)18-14-9-11(16)7-8-13(14)17/h2-9H,10H2,1H3,(H,18,20). The van der Waals surface area contributed by atoms with Crippen LogP contribution in [0.5, 0.6) is 0 Å². The van der Waals surface area contributed by atoms with Crippen LogP contribution in [0.4, 0.5) is 11.4 Å². The van der Waals surface area contributed by atoms with E-state index in [9.17, 15) is 4.79 Å². The van der Waals surface area contributed by atoms with Crippen LogP contribution in [0.15, 0.2) is 48.5 Å². The maximum atomic E-state index is 12.0. The van der Waals surface area contributed by atoms with E-state index < -0.39 is 0 Å². The third kappa shape index (κ3) is 3.89. The third-order valence-corrected chi connectivity index (χ3v) is 3.34. The molecule has 0 aromatic heterocycles. The monoisotopic (exact) mass is 308 g/mol. The zero-order chi connectivity index (χ0) is 14.5. The molecule has 1 amide bonds. The highest BCUT2D eigenvalue weighted by Gasteiger charge is 2.09. The maximum Gasteiger partial charge on any atom is 0.243 e. The lowest BCUT2D eigenvalue weighted by Crippen LogP contribution is -2.30. The number of hydrogen-bond donors (Lipinski definition) is 1. The van der Waals surface area contributed by atoms with Gasteiger partial charge in [0.1, 0.15) is 0 Å². The fourth-order valence-corrected chi connectivity index (χ4v) is 2.11. The number of rotatable bonds is 4. The topological polar surface area (TPSA) is 32.3 Å². The van der Waals surface area contributed by atoms with E-state index in [1.54, 1.807) is 18.2 Å². The van der Waals surface area contributed by atoms with Crippen molar-refractivity contribution in [3.05, 3.63) is 58.6 Å². The molecule has 0 aliphatic carbocycles. The van der Waals surface area contributed by atoms with Crippen LogP contribution < -0.4 is 10.2 Å². The number of nitrogens with one attached hydrogen (secondary N) is 1. The zero-order valence-corrected chi connectivity index (χ0v) is 12.4. The van der Waals surface area contributed by atoms with Crippen molar-refractivity contribution in [2.75, 3.05) is 23.8 Å². The summed E-state index contributed by atoms with van der Waals surface area (Å²) in [5.41, 5.74) is 1.49. The molecule has 0 saturated heterocycles. The van der Waals surface area contributed by atoms with Gasteiger partial charge in [-0.1, -0.05) is 41.4 Å². The van der Waals surface area contributed by atoms with Crippen LogP contribution in [-0.4, -0.2) is 19.5 Å². The normalized spacial score (nSPS) is 10.2. The summed E-state index contributed by atoms with van der Waals surface area (Å²) in [6.45, 7) is 0.229. The Kier molecular flexibility index (Phi) is 4.88. The van der Waals surface area contributed by atoms with Crippen molar-refractivity contribution in [2.45, 2.75) is 0 Å². The molecule has 0 fully saturated rings. The molecule has 2 aromatic rings. The summed E-state index contributed by atoms with van der Waals surface area (Å²) in [5, 5.41) is 3.75. The van der Waals surface area contributed by atoms with E-state index in [4.69, 9.17) is 23.2 Å². The molecular formula is C15H14Cl2N2O. The highest BCUT2D eigenvalue weighted by atomic mass is 35.5. The van der Waals surface area contributed by atoms with E-state index in [-0.39, 0.29) is 12.5 Å². The lowest BCUT2D eigenvalue weighted by molar-refractivity contribution is -0.114. The number of carbonyl (C=O) groups excluding carboxylic acids is 1. The molecule has 0 radical (unpaired) electrons. The lowest BCUT2D eigenvalue weighted by atomic mass is 10.3. The van der Waals surface area contributed by atoms with Gasteiger partial charge in [0.05, 0.1) is 17.3 Å². The molecule has 0 heterocycles. The van der Waals surface area contributed by atoms with Gasteiger partial charge < -0.3 is 10.2 Å². The summed E-state index contributed by atoms with van der Waals surface area (Å²) in [7, 11) is 1.86. The SMILES string of the molecule is CN(CC(=O)Nc1cc(Cl)ccc1Cl)c1ccccc1. The van der Waals surface area contributed by atoms with Crippen molar-refractivity contribution in [1.82, 2.24) is 0 Å². The van der Waals surface area contributed by atoms with Crippen LogP contribution in [-0.2, 0) is 4.79 Å². The van der Waals surface area contributed by atoms with Gasteiger partial charge in [-0.25, -0.2) is 0 Å². The summed E-state index contributed by atoms with van der Waals surface area (Å²) in [6, 6.07) is 14.6. The minimum Gasteiger partial charge on any atom is -0.365 e. The van der Waals surface area contributed by atoms with E-state index in [1.165, 1.54) is 0 Å². The second-order valence-electron chi connectivity index (χ2n) is 4.36. The highest BCUT2D eigenvalue weighted by Crippen LogP contribution is 2.25. The molecule has 0 unspecified atom stereocenters. The van der Waals surface area contributed by atoms with Crippen LogP contribution >= 0.6 is 23.2 Å². The first kappa shape index (κ1) is 14.7. The van der Waals surface area contributed by atoms with E-state index in [0.29, 0.717) is 15.7 Å². The Morgan fingerprint density at radius 2 is 1.85 bits per heavy atom. The molecule has 0 atom stereocenters. The van der Waals surface area contributed by atoms with E-state index in [0.717, 1.165) is 5.69 Å². The van der Waals surface area contributed by atoms with E-state index >= 15 is 0 Å². The predicted octanol–water partition coefficient (Wildman–Crippen LogP) is 4.07. The van der Waals surface area contributed by atoms with Crippen molar-refractivity contribution in [3.8, 4) is 0 Å². The summed E-state index contributed by atoms with van der Waals surface area (Å²) >= 11 is 11.9. The molecule has 0 aliphatic rings. The average molecular weight is 309 g/mol. The Balaban J connectivity index is 2.01. The van der Waals surface area contributed by atoms with Crippen LogP contribution in [0.25, 0.3) is 0 Å². The van der Waals surface area contributed by atoms with Gasteiger partial charge in [0, 0.05) is 17.8 Å². The molecule has 0 spiro atoms. The van der Waals surface area contributed by atoms with E-state index in [2.05, 4.69) is 5.32 Å². The first-order valence-corrected chi connectivity index (χ1v) is 6.83. The lowest BCUT2D eigenvalue weighted by Gasteiger charge is -2.18. The predicted molar refractivity (Wildman–Crippen MR) is 84.8 cm³/mol. The van der Waals surface area contributed by atoms with Crippen molar-refractivity contribution in [3.63, 3.8) is 0 Å². The number of benzene rings is 2. The molecule has 0 bridgehead atoms. The molecule has 20 heavy (non-hydrogen) atoms. The minimum absolute atomic E-state index is 0.152. The zero-order valence-electron chi connectivity index (χ0n) is 10.9. The van der Waals surface area contributed by atoms with Crippen molar-refractivity contribution < 1.29 is 4.79 Å².